The molecule has 1 aromatic heterocycles. The van der Waals surface area contributed by atoms with Gasteiger partial charge in [-0.1, -0.05) is 19.3 Å². The van der Waals surface area contributed by atoms with Gasteiger partial charge in [-0.15, -0.1) is 0 Å². The summed E-state index contributed by atoms with van der Waals surface area (Å²) in [4.78, 5) is 28.7. The largest absolute Gasteiger partial charge is 0.334 e. The molecular formula is C18H26N2O2S. The SMILES string of the molecule is O=C1CCCCN1CC(=O)N(Cc1ccsc1)C1CCCCC1. The van der Waals surface area contributed by atoms with Crippen molar-refractivity contribution in [2.45, 2.75) is 64.0 Å². The highest BCUT2D eigenvalue weighted by Crippen LogP contribution is 2.25. The highest BCUT2D eigenvalue weighted by atomic mass is 32.1. The molecule has 2 heterocycles. The van der Waals surface area contributed by atoms with E-state index in [-0.39, 0.29) is 18.4 Å². The van der Waals surface area contributed by atoms with Gasteiger partial charge in [0.25, 0.3) is 0 Å². The lowest BCUT2D eigenvalue weighted by Crippen LogP contribution is -2.48. The molecule has 0 unspecified atom stereocenters. The third-order valence-electron chi connectivity index (χ3n) is 5.02. The molecule has 2 amide bonds. The monoisotopic (exact) mass is 334 g/mol. The van der Waals surface area contributed by atoms with Crippen LogP contribution in [0.5, 0.6) is 0 Å². The zero-order chi connectivity index (χ0) is 16.1. The summed E-state index contributed by atoms with van der Waals surface area (Å²) in [5.41, 5.74) is 1.21. The van der Waals surface area contributed by atoms with Crippen LogP contribution in [0.25, 0.3) is 0 Å². The summed E-state index contributed by atoms with van der Waals surface area (Å²) >= 11 is 1.67. The molecule has 5 heteroatoms. The number of hydrogen-bond donors (Lipinski definition) is 0. The Morgan fingerprint density at radius 2 is 2.04 bits per heavy atom. The Labute approximate surface area is 142 Å². The molecule has 1 saturated carbocycles. The highest BCUT2D eigenvalue weighted by molar-refractivity contribution is 7.07. The second-order valence-electron chi connectivity index (χ2n) is 6.72. The number of thiophene rings is 1. The average Bonchev–Trinajstić information content (AvgIpc) is 3.09. The zero-order valence-electron chi connectivity index (χ0n) is 13.7. The summed E-state index contributed by atoms with van der Waals surface area (Å²) in [6.07, 6.45) is 8.48. The number of likely N-dealkylation sites (tertiary alicyclic amines) is 1. The van der Waals surface area contributed by atoms with Gasteiger partial charge in [0.1, 0.15) is 0 Å². The van der Waals surface area contributed by atoms with E-state index in [4.69, 9.17) is 0 Å². The van der Waals surface area contributed by atoms with Crippen LogP contribution < -0.4 is 0 Å². The van der Waals surface area contributed by atoms with Crippen molar-refractivity contribution in [2.75, 3.05) is 13.1 Å². The van der Waals surface area contributed by atoms with Gasteiger partial charge in [-0.05, 0) is 48.1 Å². The molecule has 0 spiro atoms. The molecule has 2 fully saturated rings. The Kier molecular flexibility index (Phi) is 5.70. The van der Waals surface area contributed by atoms with Crippen LogP contribution in [0.3, 0.4) is 0 Å². The highest BCUT2D eigenvalue weighted by Gasteiger charge is 2.28. The normalized spacial score (nSPS) is 19.8. The minimum atomic E-state index is 0.123. The molecule has 1 aromatic rings. The van der Waals surface area contributed by atoms with Crippen molar-refractivity contribution in [1.29, 1.82) is 0 Å². The van der Waals surface area contributed by atoms with Crippen molar-refractivity contribution < 1.29 is 9.59 Å². The van der Waals surface area contributed by atoms with Gasteiger partial charge in [-0.2, -0.15) is 11.3 Å². The van der Waals surface area contributed by atoms with E-state index < -0.39 is 0 Å². The Balaban J connectivity index is 1.68. The fourth-order valence-electron chi connectivity index (χ4n) is 3.68. The summed E-state index contributed by atoms with van der Waals surface area (Å²) in [6, 6.07) is 2.44. The first-order valence-electron chi connectivity index (χ1n) is 8.82. The molecule has 126 valence electrons. The zero-order valence-corrected chi connectivity index (χ0v) is 14.5. The van der Waals surface area contributed by atoms with Crippen molar-refractivity contribution in [3.8, 4) is 0 Å². The average molecular weight is 334 g/mol. The molecule has 1 saturated heterocycles. The molecule has 0 N–H and O–H groups in total. The lowest BCUT2D eigenvalue weighted by molar-refractivity contribution is -0.144. The molecule has 0 radical (unpaired) electrons. The summed E-state index contributed by atoms with van der Waals surface area (Å²) in [6.45, 7) is 1.69. The molecule has 2 aliphatic rings. The van der Waals surface area contributed by atoms with Crippen LogP contribution in [-0.2, 0) is 16.1 Å². The van der Waals surface area contributed by atoms with E-state index in [2.05, 4.69) is 16.8 Å². The first-order valence-corrected chi connectivity index (χ1v) is 9.76. The van der Waals surface area contributed by atoms with Crippen molar-refractivity contribution in [1.82, 2.24) is 9.80 Å². The van der Waals surface area contributed by atoms with Crippen LogP contribution in [-0.4, -0.2) is 40.7 Å². The smallest absolute Gasteiger partial charge is 0.242 e. The maximum Gasteiger partial charge on any atom is 0.242 e. The molecule has 1 aliphatic heterocycles. The van der Waals surface area contributed by atoms with Crippen LogP contribution in [0.15, 0.2) is 16.8 Å². The third kappa shape index (κ3) is 4.34. The summed E-state index contributed by atoms with van der Waals surface area (Å²) in [5, 5.41) is 4.18. The number of rotatable bonds is 5. The van der Waals surface area contributed by atoms with Crippen LogP contribution in [0.2, 0.25) is 0 Å². The fraction of sp³-hybridized carbons (Fsp3) is 0.667. The molecule has 23 heavy (non-hydrogen) atoms. The van der Waals surface area contributed by atoms with Crippen LogP contribution in [0, 0.1) is 0 Å². The van der Waals surface area contributed by atoms with Crippen LogP contribution in [0.1, 0.15) is 56.9 Å². The van der Waals surface area contributed by atoms with E-state index >= 15 is 0 Å². The molecule has 4 nitrogen and oxygen atoms in total. The van der Waals surface area contributed by atoms with Gasteiger partial charge in [-0.3, -0.25) is 9.59 Å². The lowest BCUT2D eigenvalue weighted by atomic mass is 9.93. The molecular weight excluding hydrogens is 308 g/mol. The number of piperidine rings is 1. The first-order chi connectivity index (χ1) is 11.2. The maximum absolute atomic E-state index is 12.9. The molecule has 0 atom stereocenters. The maximum atomic E-state index is 12.9. The van der Waals surface area contributed by atoms with Gasteiger partial charge in [0.05, 0.1) is 6.54 Å². The predicted molar refractivity (Wildman–Crippen MR) is 92.2 cm³/mol. The quantitative estimate of drug-likeness (QED) is 0.828. The van der Waals surface area contributed by atoms with E-state index in [1.165, 1.54) is 24.8 Å². The number of nitrogens with zero attached hydrogens (tertiary/aromatic N) is 2. The first kappa shape index (κ1) is 16.5. The van der Waals surface area contributed by atoms with Crippen LogP contribution >= 0.6 is 11.3 Å². The molecule has 0 bridgehead atoms. The topological polar surface area (TPSA) is 40.6 Å². The Morgan fingerprint density at radius 1 is 1.22 bits per heavy atom. The Hall–Kier alpha value is -1.36. The summed E-state index contributed by atoms with van der Waals surface area (Å²) in [5.74, 6) is 0.266. The number of hydrogen-bond acceptors (Lipinski definition) is 3. The van der Waals surface area contributed by atoms with E-state index in [0.29, 0.717) is 19.0 Å². The standard InChI is InChI=1S/C18H26N2O2S/c21-17-8-4-5-10-19(17)13-18(22)20(12-15-9-11-23-14-15)16-6-2-1-3-7-16/h9,11,14,16H,1-8,10,12-13H2. The summed E-state index contributed by atoms with van der Waals surface area (Å²) < 4.78 is 0. The van der Waals surface area contributed by atoms with Gasteiger partial charge in [0, 0.05) is 25.6 Å². The predicted octanol–water partition coefficient (Wildman–Crippen LogP) is 3.42. The van der Waals surface area contributed by atoms with E-state index in [0.717, 1.165) is 32.2 Å². The van der Waals surface area contributed by atoms with Crippen LogP contribution in [0.4, 0.5) is 0 Å². The van der Waals surface area contributed by atoms with Gasteiger partial charge in [0.15, 0.2) is 0 Å². The van der Waals surface area contributed by atoms with Crippen molar-refractivity contribution >= 4 is 23.2 Å². The Bertz CT molecular complexity index is 523. The molecule has 3 rings (SSSR count). The second kappa shape index (κ2) is 7.95. The number of carbonyl (C=O) groups is 2. The van der Waals surface area contributed by atoms with E-state index in [9.17, 15) is 9.59 Å². The van der Waals surface area contributed by atoms with Crippen molar-refractivity contribution in [3.63, 3.8) is 0 Å². The van der Waals surface area contributed by atoms with Crippen molar-refractivity contribution in [2.24, 2.45) is 0 Å². The molecule has 1 aliphatic carbocycles. The van der Waals surface area contributed by atoms with Crippen molar-refractivity contribution in [3.05, 3.63) is 22.4 Å². The van der Waals surface area contributed by atoms with Gasteiger partial charge in [0.2, 0.25) is 11.8 Å². The summed E-state index contributed by atoms with van der Waals surface area (Å²) in [7, 11) is 0. The van der Waals surface area contributed by atoms with Gasteiger partial charge >= 0.3 is 0 Å². The van der Waals surface area contributed by atoms with Gasteiger partial charge in [-0.25, -0.2) is 0 Å². The minimum Gasteiger partial charge on any atom is -0.334 e. The number of carbonyl (C=O) groups excluding carboxylic acids is 2. The minimum absolute atomic E-state index is 0.123. The number of amides is 2. The third-order valence-corrected chi connectivity index (χ3v) is 5.75. The van der Waals surface area contributed by atoms with E-state index in [1.807, 2.05) is 4.90 Å². The molecule has 0 aromatic carbocycles. The van der Waals surface area contributed by atoms with E-state index in [1.54, 1.807) is 16.2 Å². The lowest BCUT2D eigenvalue weighted by Gasteiger charge is -2.36. The Morgan fingerprint density at radius 3 is 2.74 bits per heavy atom. The second-order valence-corrected chi connectivity index (χ2v) is 7.50. The fourth-order valence-corrected chi connectivity index (χ4v) is 4.34. The van der Waals surface area contributed by atoms with Gasteiger partial charge < -0.3 is 9.80 Å².